The van der Waals surface area contributed by atoms with E-state index in [4.69, 9.17) is 10.5 Å². The molecule has 2 N–H and O–H groups in total. The predicted octanol–water partition coefficient (Wildman–Crippen LogP) is 1.78. The Bertz CT molecular complexity index is 536. The van der Waals surface area contributed by atoms with Crippen LogP contribution >= 0.6 is 0 Å². The molecule has 1 unspecified atom stereocenters. The maximum absolute atomic E-state index is 5.83. The Morgan fingerprint density at radius 3 is 2.79 bits per heavy atom. The Morgan fingerprint density at radius 2 is 2.21 bits per heavy atom. The standard InChI is InChI=1S/C14H20N4O/c1-17(2)13(10-18-8-7-16-14(18)15)11-5-4-6-12(9-11)19-3/h4-9,13H,10H2,1-3H3,(H2,15,16). The van der Waals surface area contributed by atoms with Crippen LogP contribution in [0.3, 0.4) is 0 Å². The third-order valence-corrected chi connectivity index (χ3v) is 3.22. The van der Waals surface area contributed by atoms with Gasteiger partial charge >= 0.3 is 0 Å². The summed E-state index contributed by atoms with van der Waals surface area (Å²) in [6.07, 6.45) is 3.61. The topological polar surface area (TPSA) is 56.3 Å². The summed E-state index contributed by atoms with van der Waals surface area (Å²) in [7, 11) is 5.78. The summed E-state index contributed by atoms with van der Waals surface area (Å²) in [6, 6.07) is 8.31. The van der Waals surface area contributed by atoms with Crippen molar-refractivity contribution in [2.75, 3.05) is 26.9 Å². The second kappa shape index (κ2) is 5.75. The van der Waals surface area contributed by atoms with E-state index in [0.717, 1.165) is 12.3 Å². The number of aromatic nitrogens is 2. The van der Waals surface area contributed by atoms with Gasteiger partial charge in [-0.2, -0.15) is 0 Å². The van der Waals surface area contributed by atoms with Gasteiger partial charge in [0.15, 0.2) is 5.95 Å². The molecule has 0 fully saturated rings. The van der Waals surface area contributed by atoms with Crippen molar-refractivity contribution in [1.29, 1.82) is 0 Å². The normalized spacial score (nSPS) is 12.6. The summed E-state index contributed by atoms with van der Waals surface area (Å²) in [4.78, 5) is 6.21. The smallest absolute Gasteiger partial charge is 0.200 e. The Kier molecular flexibility index (Phi) is 4.06. The molecule has 1 atom stereocenters. The summed E-state index contributed by atoms with van der Waals surface area (Å²) in [5, 5.41) is 0. The summed E-state index contributed by atoms with van der Waals surface area (Å²) in [6.45, 7) is 0.756. The third-order valence-electron chi connectivity index (χ3n) is 3.22. The largest absolute Gasteiger partial charge is 0.497 e. The molecule has 0 aliphatic carbocycles. The number of ether oxygens (including phenoxy) is 1. The number of benzene rings is 1. The molecule has 0 spiro atoms. The Morgan fingerprint density at radius 1 is 1.42 bits per heavy atom. The first kappa shape index (κ1) is 13.4. The van der Waals surface area contributed by atoms with Crippen molar-refractivity contribution in [2.24, 2.45) is 0 Å². The van der Waals surface area contributed by atoms with Crippen LogP contribution in [0.2, 0.25) is 0 Å². The fraction of sp³-hybridized carbons (Fsp3) is 0.357. The minimum absolute atomic E-state index is 0.214. The molecule has 1 aromatic carbocycles. The zero-order valence-electron chi connectivity index (χ0n) is 11.6. The van der Waals surface area contributed by atoms with Crippen LogP contribution in [0, 0.1) is 0 Å². The molecule has 0 aliphatic heterocycles. The van der Waals surface area contributed by atoms with Crippen molar-refractivity contribution in [3.05, 3.63) is 42.2 Å². The highest BCUT2D eigenvalue weighted by Crippen LogP contribution is 2.24. The van der Waals surface area contributed by atoms with Gasteiger partial charge in [-0.05, 0) is 31.8 Å². The number of rotatable bonds is 5. The summed E-state index contributed by atoms with van der Waals surface area (Å²) in [5.74, 6) is 1.40. The van der Waals surface area contributed by atoms with Crippen LogP contribution in [0.5, 0.6) is 5.75 Å². The molecule has 19 heavy (non-hydrogen) atoms. The SMILES string of the molecule is COc1cccc(C(Cn2ccnc2N)N(C)C)c1. The van der Waals surface area contributed by atoms with Crippen LogP contribution in [-0.4, -0.2) is 35.7 Å². The Labute approximate surface area is 113 Å². The van der Waals surface area contributed by atoms with Crippen molar-refractivity contribution in [3.63, 3.8) is 0 Å². The number of nitrogen functional groups attached to an aromatic ring is 1. The van der Waals surface area contributed by atoms with Crippen LogP contribution in [0.1, 0.15) is 11.6 Å². The van der Waals surface area contributed by atoms with Gasteiger partial charge in [-0.3, -0.25) is 0 Å². The zero-order valence-corrected chi connectivity index (χ0v) is 11.6. The van der Waals surface area contributed by atoms with E-state index in [1.165, 1.54) is 5.56 Å². The lowest BCUT2D eigenvalue weighted by molar-refractivity contribution is 0.269. The summed E-state index contributed by atoms with van der Waals surface area (Å²) >= 11 is 0. The highest BCUT2D eigenvalue weighted by atomic mass is 16.5. The molecule has 2 rings (SSSR count). The van der Waals surface area contributed by atoms with Crippen LogP contribution in [0.25, 0.3) is 0 Å². The van der Waals surface area contributed by atoms with E-state index in [9.17, 15) is 0 Å². The number of hydrogen-bond donors (Lipinski definition) is 1. The number of likely N-dealkylation sites (N-methyl/N-ethyl adjacent to an activating group) is 1. The van der Waals surface area contributed by atoms with Crippen molar-refractivity contribution < 1.29 is 4.74 Å². The molecule has 102 valence electrons. The molecule has 0 amide bonds. The van der Waals surface area contributed by atoms with E-state index in [2.05, 4.69) is 36.1 Å². The van der Waals surface area contributed by atoms with Crippen molar-refractivity contribution in [1.82, 2.24) is 14.5 Å². The molecule has 1 heterocycles. The summed E-state index contributed by atoms with van der Waals surface area (Å²) in [5.41, 5.74) is 7.02. The highest BCUT2D eigenvalue weighted by molar-refractivity contribution is 5.31. The molecule has 0 bridgehead atoms. The maximum atomic E-state index is 5.83. The van der Waals surface area contributed by atoms with E-state index in [1.807, 2.05) is 22.9 Å². The van der Waals surface area contributed by atoms with Gasteiger partial charge in [0.25, 0.3) is 0 Å². The van der Waals surface area contributed by atoms with Gasteiger partial charge in [-0.25, -0.2) is 4.98 Å². The first-order valence-corrected chi connectivity index (χ1v) is 6.19. The van der Waals surface area contributed by atoms with Gasteiger partial charge in [-0.1, -0.05) is 12.1 Å². The van der Waals surface area contributed by atoms with Crippen LogP contribution in [0.4, 0.5) is 5.95 Å². The highest BCUT2D eigenvalue weighted by Gasteiger charge is 2.16. The maximum Gasteiger partial charge on any atom is 0.200 e. The van der Waals surface area contributed by atoms with E-state index in [-0.39, 0.29) is 6.04 Å². The molecular weight excluding hydrogens is 240 g/mol. The first-order chi connectivity index (χ1) is 9.11. The van der Waals surface area contributed by atoms with Gasteiger partial charge in [0.2, 0.25) is 0 Å². The number of anilines is 1. The Balaban J connectivity index is 2.27. The Hall–Kier alpha value is -2.01. The minimum atomic E-state index is 0.214. The van der Waals surface area contributed by atoms with Gasteiger partial charge in [0.1, 0.15) is 5.75 Å². The van der Waals surface area contributed by atoms with E-state index >= 15 is 0 Å². The van der Waals surface area contributed by atoms with Crippen molar-refractivity contribution in [3.8, 4) is 5.75 Å². The fourth-order valence-electron chi connectivity index (χ4n) is 2.10. The number of imidazole rings is 1. The average molecular weight is 260 g/mol. The van der Waals surface area contributed by atoms with Gasteiger partial charge in [0, 0.05) is 18.9 Å². The number of methoxy groups -OCH3 is 1. The molecule has 2 aromatic rings. The second-order valence-corrected chi connectivity index (χ2v) is 4.69. The lowest BCUT2D eigenvalue weighted by Crippen LogP contribution is -2.25. The van der Waals surface area contributed by atoms with Crippen LogP contribution in [-0.2, 0) is 6.54 Å². The molecule has 0 saturated heterocycles. The number of nitrogens with zero attached hydrogens (tertiary/aromatic N) is 3. The van der Waals surface area contributed by atoms with Gasteiger partial charge in [0.05, 0.1) is 13.2 Å². The lowest BCUT2D eigenvalue weighted by atomic mass is 10.1. The molecule has 1 aromatic heterocycles. The van der Waals surface area contributed by atoms with E-state index in [0.29, 0.717) is 5.95 Å². The van der Waals surface area contributed by atoms with Crippen LogP contribution < -0.4 is 10.5 Å². The molecule has 0 radical (unpaired) electrons. The number of nitrogens with two attached hydrogens (primary N) is 1. The van der Waals surface area contributed by atoms with Crippen LogP contribution in [0.15, 0.2) is 36.7 Å². The monoisotopic (exact) mass is 260 g/mol. The second-order valence-electron chi connectivity index (χ2n) is 4.69. The van der Waals surface area contributed by atoms with Crippen molar-refractivity contribution in [2.45, 2.75) is 12.6 Å². The average Bonchev–Trinajstić information content (AvgIpc) is 2.81. The zero-order chi connectivity index (χ0) is 13.8. The molecule has 5 heteroatoms. The van der Waals surface area contributed by atoms with E-state index in [1.54, 1.807) is 13.3 Å². The van der Waals surface area contributed by atoms with Gasteiger partial charge < -0.3 is 19.9 Å². The molecule has 0 aliphatic rings. The quantitative estimate of drug-likeness (QED) is 0.890. The van der Waals surface area contributed by atoms with Gasteiger partial charge in [-0.15, -0.1) is 0 Å². The van der Waals surface area contributed by atoms with E-state index < -0.39 is 0 Å². The molecule has 0 saturated carbocycles. The summed E-state index contributed by atoms with van der Waals surface area (Å²) < 4.78 is 7.23. The number of hydrogen-bond acceptors (Lipinski definition) is 4. The molecule has 5 nitrogen and oxygen atoms in total. The third kappa shape index (κ3) is 3.06. The van der Waals surface area contributed by atoms with Crippen molar-refractivity contribution >= 4 is 5.95 Å². The fourth-order valence-corrected chi connectivity index (χ4v) is 2.10. The predicted molar refractivity (Wildman–Crippen MR) is 76.1 cm³/mol. The minimum Gasteiger partial charge on any atom is -0.497 e. The first-order valence-electron chi connectivity index (χ1n) is 6.19. The lowest BCUT2D eigenvalue weighted by Gasteiger charge is -2.25. The molecular formula is C14H20N4O.